The molecule has 0 aromatic heterocycles. The summed E-state index contributed by atoms with van der Waals surface area (Å²) in [5, 5.41) is 5.00. The molecule has 1 aliphatic rings. The minimum Gasteiger partial charge on any atom is -0.452 e. The van der Waals surface area contributed by atoms with Gasteiger partial charge in [0.05, 0.1) is 5.56 Å². The fraction of sp³-hybridized carbons (Fsp3) is 0.471. The number of rotatable bonds is 4. The van der Waals surface area contributed by atoms with Crippen molar-refractivity contribution in [1.82, 2.24) is 10.6 Å². The van der Waals surface area contributed by atoms with E-state index < -0.39 is 24.5 Å². The Bertz CT molecular complexity index is 559. The summed E-state index contributed by atoms with van der Waals surface area (Å²) in [5.74, 6) is -0.835. The Morgan fingerprint density at radius 2 is 1.83 bits per heavy atom. The summed E-state index contributed by atoms with van der Waals surface area (Å²) >= 11 is 0. The van der Waals surface area contributed by atoms with Gasteiger partial charge in [0.25, 0.3) is 5.91 Å². The zero-order valence-electron chi connectivity index (χ0n) is 13.2. The van der Waals surface area contributed by atoms with E-state index in [0.29, 0.717) is 11.5 Å². The highest BCUT2D eigenvalue weighted by atomic mass is 16.5. The lowest BCUT2D eigenvalue weighted by Crippen LogP contribution is -2.48. The second kappa shape index (κ2) is 8.31. The van der Waals surface area contributed by atoms with Gasteiger partial charge >= 0.3 is 12.0 Å². The second-order valence-corrected chi connectivity index (χ2v) is 5.83. The van der Waals surface area contributed by atoms with Crippen LogP contribution in [0.1, 0.15) is 43.0 Å². The van der Waals surface area contributed by atoms with Crippen LogP contribution in [-0.2, 0) is 9.53 Å². The van der Waals surface area contributed by atoms with Crippen LogP contribution in [0.5, 0.6) is 0 Å². The zero-order chi connectivity index (χ0) is 16.7. The molecular weight excluding hydrogens is 296 g/mol. The maximum Gasteiger partial charge on any atom is 0.338 e. The normalized spacial score (nSPS) is 20.4. The smallest absolute Gasteiger partial charge is 0.338 e. The zero-order valence-corrected chi connectivity index (χ0v) is 13.2. The van der Waals surface area contributed by atoms with E-state index in [1.54, 1.807) is 30.3 Å². The van der Waals surface area contributed by atoms with Crippen LogP contribution in [0.2, 0.25) is 0 Å². The summed E-state index contributed by atoms with van der Waals surface area (Å²) in [6.45, 7) is 1.61. The molecule has 2 rings (SSSR count). The van der Waals surface area contributed by atoms with E-state index in [1.807, 2.05) is 0 Å². The van der Waals surface area contributed by atoms with Crippen molar-refractivity contribution < 1.29 is 19.1 Å². The fourth-order valence-electron chi connectivity index (χ4n) is 2.69. The highest BCUT2D eigenvalue weighted by molar-refractivity contribution is 5.97. The Morgan fingerprint density at radius 3 is 2.52 bits per heavy atom. The number of esters is 1. The topological polar surface area (TPSA) is 84.5 Å². The maximum absolute atomic E-state index is 11.8. The van der Waals surface area contributed by atoms with Gasteiger partial charge in [-0.2, -0.15) is 0 Å². The fourth-order valence-corrected chi connectivity index (χ4v) is 2.69. The SMILES string of the molecule is C[C@@H]1CCCC[C@H]1NC(=O)NC(=O)COC(=O)c1ccccc1. The number of ether oxygens (including phenoxy) is 1. The minimum atomic E-state index is -0.643. The third-order valence-corrected chi connectivity index (χ3v) is 4.02. The van der Waals surface area contributed by atoms with Crippen LogP contribution in [0.3, 0.4) is 0 Å². The predicted octanol–water partition coefficient (Wildman–Crippen LogP) is 2.25. The van der Waals surface area contributed by atoms with Crippen LogP contribution in [-0.4, -0.2) is 30.6 Å². The first-order valence-corrected chi connectivity index (χ1v) is 7.89. The molecule has 1 aromatic rings. The van der Waals surface area contributed by atoms with Gasteiger partial charge in [0.15, 0.2) is 6.61 Å². The van der Waals surface area contributed by atoms with E-state index in [0.717, 1.165) is 19.3 Å². The van der Waals surface area contributed by atoms with Crippen LogP contribution in [0, 0.1) is 5.92 Å². The second-order valence-electron chi connectivity index (χ2n) is 5.83. The summed E-state index contributed by atoms with van der Waals surface area (Å²) in [6.07, 6.45) is 4.26. The number of benzene rings is 1. The monoisotopic (exact) mass is 318 g/mol. The van der Waals surface area contributed by atoms with Crippen molar-refractivity contribution in [3.8, 4) is 0 Å². The third kappa shape index (κ3) is 5.39. The number of carbonyl (C=O) groups excluding carboxylic acids is 3. The molecule has 2 N–H and O–H groups in total. The maximum atomic E-state index is 11.8. The largest absolute Gasteiger partial charge is 0.452 e. The molecule has 0 heterocycles. The van der Waals surface area contributed by atoms with Crippen LogP contribution in [0.4, 0.5) is 4.79 Å². The third-order valence-electron chi connectivity index (χ3n) is 4.02. The molecule has 0 bridgehead atoms. The lowest BCUT2D eigenvalue weighted by Gasteiger charge is -2.29. The highest BCUT2D eigenvalue weighted by Gasteiger charge is 2.23. The highest BCUT2D eigenvalue weighted by Crippen LogP contribution is 2.23. The molecule has 1 aliphatic carbocycles. The van der Waals surface area contributed by atoms with E-state index in [2.05, 4.69) is 17.6 Å². The number of hydrogen-bond acceptors (Lipinski definition) is 4. The molecule has 23 heavy (non-hydrogen) atoms. The minimum absolute atomic E-state index is 0.0865. The van der Waals surface area contributed by atoms with Gasteiger partial charge in [0.1, 0.15) is 0 Å². The first kappa shape index (κ1) is 17.0. The van der Waals surface area contributed by atoms with Crippen LogP contribution < -0.4 is 10.6 Å². The molecule has 0 spiro atoms. The van der Waals surface area contributed by atoms with Crippen molar-refractivity contribution >= 4 is 17.9 Å². The molecule has 6 heteroatoms. The number of nitrogens with one attached hydrogen (secondary N) is 2. The molecule has 0 aliphatic heterocycles. The van der Waals surface area contributed by atoms with Crippen molar-refractivity contribution in [3.05, 3.63) is 35.9 Å². The number of imide groups is 1. The van der Waals surface area contributed by atoms with E-state index in [-0.39, 0.29) is 6.04 Å². The van der Waals surface area contributed by atoms with Crippen molar-refractivity contribution in [2.75, 3.05) is 6.61 Å². The van der Waals surface area contributed by atoms with Crippen LogP contribution >= 0.6 is 0 Å². The van der Waals surface area contributed by atoms with E-state index >= 15 is 0 Å². The summed E-state index contributed by atoms with van der Waals surface area (Å²) in [7, 11) is 0. The molecule has 1 fully saturated rings. The van der Waals surface area contributed by atoms with Crippen molar-refractivity contribution in [3.63, 3.8) is 0 Å². The quantitative estimate of drug-likeness (QED) is 0.834. The van der Waals surface area contributed by atoms with Gasteiger partial charge in [-0.05, 0) is 30.9 Å². The lowest BCUT2D eigenvalue weighted by atomic mass is 9.86. The molecule has 1 saturated carbocycles. The number of hydrogen-bond donors (Lipinski definition) is 2. The summed E-state index contributed by atoms with van der Waals surface area (Å²) < 4.78 is 4.87. The molecule has 0 saturated heterocycles. The molecule has 6 nitrogen and oxygen atoms in total. The van der Waals surface area contributed by atoms with Gasteiger partial charge in [-0.25, -0.2) is 9.59 Å². The number of urea groups is 1. The Kier molecular flexibility index (Phi) is 6.14. The lowest BCUT2D eigenvalue weighted by molar-refractivity contribution is -0.123. The van der Waals surface area contributed by atoms with Gasteiger partial charge in [0.2, 0.25) is 0 Å². The van der Waals surface area contributed by atoms with Gasteiger partial charge < -0.3 is 10.1 Å². The molecule has 3 amide bonds. The first-order valence-electron chi connectivity index (χ1n) is 7.89. The molecular formula is C17H22N2O4. The molecule has 0 radical (unpaired) electrons. The summed E-state index contributed by atoms with van der Waals surface area (Å²) in [4.78, 5) is 35.2. The van der Waals surface area contributed by atoms with Gasteiger partial charge in [-0.1, -0.05) is 38.0 Å². The Labute approximate surface area is 135 Å². The van der Waals surface area contributed by atoms with Crippen molar-refractivity contribution in [1.29, 1.82) is 0 Å². The molecule has 0 unspecified atom stereocenters. The summed E-state index contributed by atoms with van der Waals surface area (Å²) in [6, 6.07) is 7.92. The van der Waals surface area contributed by atoms with Crippen molar-refractivity contribution in [2.24, 2.45) is 5.92 Å². The van der Waals surface area contributed by atoms with E-state index in [1.165, 1.54) is 6.42 Å². The molecule has 2 atom stereocenters. The van der Waals surface area contributed by atoms with Gasteiger partial charge in [0, 0.05) is 6.04 Å². The average molecular weight is 318 g/mol. The number of amides is 3. The van der Waals surface area contributed by atoms with Crippen LogP contribution in [0.25, 0.3) is 0 Å². The Morgan fingerprint density at radius 1 is 1.13 bits per heavy atom. The van der Waals surface area contributed by atoms with Crippen LogP contribution in [0.15, 0.2) is 30.3 Å². The van der Waals surface area contributed by atoms with Gasteiger partial charge in [-0.15, -0.1) is 0 Å². The molecule has 124 valence electrons. The van der Waals surface area contributed by atoms with E-state index in [4.69, 9.17) is 4.74 Å². The molecule has 1 aromatic carbocycles. The number of carbonyl (C=O) groups is 3. The van der Waals surface area contributed by atoms with Gasteiger partial charge in [-0.3, -0.25) is 10.1 Å². The standard InChI is InChI=1S/C17H22N2O4/c1-12-7-5-6-10-14(12)18-17(22)19-15(20)11-23-16(21)13-8-3-2-4-9-13/h2-4,8-9,12,14H,5-7,10-11H2,1H3,(H2,18,19,20,22)/t12-,14-/m1/s1. The Hall–Kier alpha value is -2.37. The average Bonchev–Trinajstić information content (AvgIpc) is 2.55. The predicted molar refractivity (Wildman–Crippen MR) is 84.8 cm³/mol. The van der Waals surface area contributed by atoms with E-state index in [9.17, 15) is 14.4 Å². The summed E-state index contributed by atoms with van der Waals surface area (Å²) in [5.41, 5.74) is 0.362. The van der Waals surface area contributed by atoms with Crippen molar-refractivity contribution in [2.45, 2.75) is 38.6 Å². The Balaban J connectivity index is 1.71. The first-order chi connectivity index (χ1) is 11.1.